The third-order valence-corrected chi connectivity index (χ3v) is 5.03. The molecular weight excluding hydrogens is 393 g/mol. The summed E-state index contributed by atoms with van der Waals surface area (Å²) in [5, 5.41) is 14.8. The van der Waals surface area contributed by atoms with Gasteiger partial charge in [0.05, 0.1) is 6.42 Å². The molecule has 1 aromatic carbocycles. The van der Waals surface area contributed by atoms with E-state index in [1.165, 1.54) is 0 Å². The monoisotopic (exact) mass is 419 g/mol. The molecule has 0 spiro atoms. The van der Waals surface area contributed by atoms with E-state index in [0.29, 0.717) is 5.69 Å². The lowest BCUT2D eigenvalue weighted by atomic mass is 10.0. The van der Waals surface area contributed by atoms with Crippen LogP contribution in [0.2, 0.25) is 0 Å². The smallest absolute Gasteiger partial charge is 0.305 e. The number of carboxylic acids is 1. The van der Waals surface area contributed by atoms with Gasteiger partial charge in [0.15, 0.2) is 5.78 Å². The Hall–Kier alpha value is -3.23. The predicted molar refractivity (Wildman–Crippen MR) is 109 cm³/mol. The highest BCUT2D eigenvalue weighted by atomic mass is 19.1. The Balaban J connectivity index is 2.27. The van der Waals surface area contributed by atoms with Crippen LogP contribution in [0.1, 0.15) is 36.3 Å². The minimum Gasteiger partial charge on any atom is -0.481 e. The molecule has 1 unspecified atom stereocenters. The number of para-hydroxylation sites is 1. The number of rotatable bonds is 9. The van der Waals surface area contributed by atoms with Crippen molar-refractivity contribution in [2.24, 2.45) is 13.0 Å². The van der Waals surface area contributed by atoms with Crippen LogP contribution in [0.25, 0.3) is 10.9 Å². The van der Waals surface area contributed by atoms with Crippen LogP contribution < -0.4 is 10.6 Å². The first-order chi connectivity index (χ1) is 14.1. The number of alkyl halides is 1. The Bertz CT molecular complexity index is 943. The molecule has 162 valence electrons. The van der Waals surface area contributed by atoms with E-state index in [1.54, 1.807) is 25.5 Å². The summed E-state index contributed by atoms with van der Waals surface area (Å²) >= 11 is 0. The number of ketones is 1. The minimum absolute atomic E-state index is 0.366. The van der Waals surface area contributed by atoms with Crippen LogP contribution in [0.3, 0.4) is 0 Å². The van der Waals surface area contributed by atoms with Crippen molar-refractivity contribution < 1.29 is 28.7 Å². The number of aliphatic carboxylic acids is 1. The third-order valence-electron chi connectivity index (χ3n) is 5.03. The van der Waals surface area contributed by atoms with Crippen LogP contribution in [-0.2, 0) is 21.4 Å². The van der Waals surface area contributed by atoms with E-state index in [-0.39, 0.29) is 5.92 Å². The second kappa shape index (κ2) is 9.51. The van der Waals surface area contributed by atoms with E-state index < -0.39 is 48.7 Å². The molecule has 9 heteroatoms. The number of aromatic nitrogens is 1. The molecular formula is C21H26FN3O5. The molecule has 0 aliphatic heterocycles. The zero-order valence-electron chi connectivity index (χ0n) is 17.4. The summed E-state index contributed by atoms with van der Waals surface area (Å²) in [5.41, 5.74) is 2.00. The molecule has 3 N–H and O–H groups in total. The number of nitrogens with zero attached hydrogens (tertiary/aromatic N) is 1. The van der Waals surface area contributed by atoms with Crippen LogP contribution in [0.5, 0.6) is 0 Å². The maximum absolute atomic E-state index is 13.0. The molecule has 0 aliphatic carbocycles. The van der Waals surface area contributed by atoms with Gasteiger partial charge in [-0.2, -0.15) is 0 Å². The van der Waals surface area contributed by atoms with Crippen molar-refractivity contribution in [2.75, 3.05) is 6.67 Å². The predicted octanol–water partition coefficient (Wildman–Crippen LogP) is 1.74. The van der Waals surface area contributed by atoms with Gasteiger partial charge in [-0.05, 0) is 24.5 Å². The average Bonchev–Trinajstić information content (AvgIpc) is 2.95. The first kappa shape index (κ1) is 23.1. The van der Waals surface area contributed by atoms with Crippen molar-refractivity contribution in [3.05, 3.63) is 35.5 Å². The highest BCUT2D eigenvalue weighted by molar-refractivity contribution is 6.03. The van der Waals surface area contributed by atoms with Crippen LogP contribution >= 0.6 is 0 Å². The van der Waals surface area contributed by atoms with Gasteiger partial charge in [0.1, 0.15) is 24.5 Å². The second-order valence-electron chi connectivity index (χ2n) is 7.50. The zero-order valence-corrected chi connectivity index (χ0v) is 17.4. The highest BCUT2D eigenvalue weighted by Crippen LogP contribution is 2.24. The first-order valence-electron chi connectivity index (χ1n) is 9.54. The van der Waals surface area contributed by atoms with Gasteiger partial charge < -0.3 is 20.3 Å². The molecule has 0 bridgehead atoms. The number of hydrogen-bond donors (Lipinski definition) is 3. The molecule has 2 rings (SSSR count). The fourth-order valence-electron chi connectivity index (χ4n) is 3.42. The summed E-state index contributed by atoms with van der Waals surface area (Å²) in [6.45, 7) is 3.81. The maximum atomic E-state index is 13.0. The Kier molecular flexibility index (Phi) is 7.31. The number of fused-ring (bicyclic) bond motifs is 1. The van der Waals surface area contributed by atoms with Gasteiger partial charge in [-0.3, -0.25) is 19.2 Å². The topological polar surface area (TPSA) is 118 Å². The lowest BCUT2D eigenvalue weighted by Gasteiger charge is -2.24. The van der Waals surface area contributed by atoms with Gasteiger partial charge in [-0.25, -0.2) is 4.39 Å². The number of amides is 2. The van der Waals surface area contributed by atoms with Crippen LogP contribution in [0, 0.1) is 12.8 Å². The summed E-state index contributed by atoms with van der Waals surface area (Å²) in [6.07, 6.45) is -0.741. The number of halogens is 1. The highest BCUT2D eigenvalue weighted by Gasteiger charge is 2.31. The average molecular weight is 419 g/mol. The van der Waals surface area contributed by atoms with E-state index in [2.05, 4.69) is 10.6 Å². The Labute approximate surface area is 173 Å². The van der Waals surface area contributed by atoms with Gasteiger partial charge in [0.2, 0.25) is 5.91 Å². The van der Waals surface area contributed by atoms with Crippen LogP contribution in [0.4, 0.5) is 4.39 Å². The fraction of sp³-hybridized carbons (Fsp3) is 0.429. The summed E-state index contributed by atoms with van der Waals surface area (Å²) in [7, 11) is 1.75. The van der Waals surface area contributed by atoms with Gasteiger partial charge in [0.25, 0.3) is 5.91 Å². The SMILES string of the molecule is Cc1c(C(=O)N[C@H](C(=O)NC(CC(=O)O)C(=O)CF)C(C)C)n(C)c2ccccc12. The van der Waals surface area contributed by atoms with Gasteiger partial charge in [-0.1, -0.05) is 32.0 Å². The number of hydrogen-bond acceptors (Lipinski definition) is 4. The standard InChI is InChI=1S/C21H26FN3O5/c1-11(2)18(20(29)23-14(9-17(27)28)16(26)10-22)24-21(30)19-12(3)13-7-5-6-8-15(13)25(19)4/h5-8,11,14,18H,9-10H2,1-4H3,(H,23,29)(H,24,30)(H,27,28)/t14?,18-/m0/s1. The van der Waals surface area contributed by atoms with E-state index in [9.17, 15) is 23.6 Å². The molecule has 0 fully saturated rings. The largest absolute Gasteiger partial charge is 0.481 e. The lowest BCUT2D eigenvalue weighted by molar-refractivity contribution is -0.140. The molecule has 1 heterocycles. The lowest BCUT2D eigenvalue weighted by Crippen LogP contribution is -2.54. The van der Waals surface area contributed by atoms with E-state index in [0.717, 1.165) is 16.5 Å². The summed E-state index contributed by atoms with van der Waals surface area (Å²) < 4.78 is 14.5. The van der Waals surface area contributed by atoms with Crippen molar-refractivity contribution >= 4 is 34.5 Å². The molecule has 0 saturated heterocycles. The van der Waals surface area contributed by atoms with Crippen molar-refractivity contribution in [3.8, 4) is 0 Å². The molecule has 0 saturated carbocycles. The number of benzene rings is 1. The molecule has 30 heavy (non-hydrogen) atoms. The molecule has 0 aliphatic rings. The molecule has 0 radical (unpaired) electrons. The number of carbonyl (C=O) groups is 4. The zero-order chi connectivity index (χ0) is 22.6. The van der Waals surface area contributed by atoms with Crippen molar-refractivity contribution in [1.29, 1.82) is 0 Å². The minimum atomic E-state index is -1.50. The van der Waals surface area contributed by atoms with Crippen molar-refractivity contribution in [2.45, 2.75) is 39.3 Å². The number of carboxylic acid groups (broad SMARTS) is 1. The van der Waals surface area contributed by atoms with Gasteiger partial charge in [-0.15, -0.1) is 0 Å². The van der Waals surface area contributed by atoms with Gasteiger partial charge in [0, 0.05) is 18.0 Å². The Morgan fingerprint density at radius 3 is 2.30 bits per heavy atom. The normalized spacial score (nSPS) is 13.1. The Morgan fingerprint density at radius 1 is 1.13 bits per heavy atom. The summed E-state index contributed by atoms with van der Waals surface area (Å²) in [5.74, 6) is -3.98. The van der Waals surface area contributed by atoms with Gasteiger partial charge >= 0.3 is 5.97 Å². The maximum Gasteiger partial charge on any atom is 0.305 e. The number of nitrogens with one attached hydrogen (secondary N) is 2. The van der Waals surface area contributed by atoms with Crippen LogP contribution in [-0.4, -0.2) is 52.0 Å². The van der Waals surface area contributed by atoms with Crippen molar-refractivity contribution in [3.63, 3.8) is 0 Å². The first-order valence-corrected chi connectivity index (χ1v) is 9.54. The number of aryl methyl sites for hydroxylation is 2. The fourth-order valence-corrected chi connectivity index (χ4v) is 3.42. The summed E-state index contributed by atoms with van der Waals surface area (Å²) in [6, 6.07) is 4.96. The Morgan fingerprint density at radius 2 is 1.77 bits per heavy atom. The van der Waals surface area contributed by atoms with E-state index in [1.807, 2.05) is 31.2 Å². The number of carbonyl (C=O) groups excluding carboxylic acids is 3. The molecule has 2 amide bonds. The quantitative estimate of drug-likeness (QED) is 0.572. The van der Waals surface area contributed by atoms with Crippen LogP contribution in [0.15, 0.2) is 24.3 Å². The molecule has 2 aromatic rings. The van der Waals surface area contributed by atoms with E-state index >= 15 is 0 Å². The second-order valence-corrected chi connectivity index (χ2v) is 7.50. The number of Topliss-reactive ketones (excluding diaryl/α,β-unsaturated/α-hetero) is 1. The molecule has 1 aromatic heterocycles. The summed E-state index contributed by atoms with van der Waals surface area (Å²) in [4.78, 5) is 48.3. The molecule has 8 nitrogen and oxygen atoms in total. The third kappa shape index (κ3) is 4.84. The van der Waals surface area contributed by atoms with E-state index in [4.69, 9.17) is 5.11 Å². The molecule has 2 atom stereocenters. The van der Waals surface area contributed by atoms with Crippen molar-refractivity contribution in [1.82, 2.24) is 15.2 Å².